The van der Waals surface area contributed by atoms with Crippen LogP contribution < -0.4 is 30.3 Å². The maximum atomic E-state index is 12.6. The van der Waals surface area contributed by atoms with Crippen molar-refractivity contribution in [3.8, 4) is 17.2 Å². The lowest BCUT2D eigenvalue weighted by atomic mass is 10.1. The summed E-state index contributed by atoms with van der Waals surface area (Å²) in [7, 11) is 1.48. The molecule has 0 aromatic heterocycles. The van der Waals surface area contributed by atoms with Crippen molar-refractivity contribution in [2.75, 3.05) is 31.0 Å². The molecule has 0 aliphatic carbocycles. The van der Waals surface area contributed by atoms with E-state index >= 15 is 0 Å². The first kappa shape index (κ1) is 31.4. The fourth-order valence-electron chi connectivity index (χ4n) is 3.90. The van der Waals surface area contributed by atoms with Crippen molar-refractivity contribution in [3.05, 3.63) is 74.4 Å². The molecule has 0 heterocycles. The number of halogens is 1. The van der Waals surface area contributed by atoms with Crippen LogP contribution in [0.1, 0.15) is 35.6 Å². The number of rotatable bonds is 11. The summed E-state index contributed by atoms with van der Waals surface area (Å²) in [5.41, 5.74) is 7.08. The second-order valence-corrected chi connectivity index (χ2v) is 10.3. The molecule has 0 atom stereocenters. The molecule has 0 spiro atoms. The summed E-state index contributed by atoms with van der Waals surface area (Å²) in [4.78, 5) is 37.0. The number of nitrogens with one attached hydrogen (secondary N) is 3. The van der Waals surface area contributed by atoms with Crippen molar-refractivity contribution in [3.63, 3.8) is 0 Å². The zero-order chi connectivity index (χ0) is 29.9. The first-order valence-electron chi connectivity index (χ1n) is 12.9. The zero-order valence-corrected chi connectivity index (χ0v) is 25.7. The van der Waals surface area contributed by atoms with Gasteiger partial charge in [-0.3, -0.25) is 14.4 Å². The molecule has 41 heavy (non-hydrogen) atoms. The van der Waals surface area contributed by atoms with E-state index in [0.717, 1.165) is 28.8 Å². The van der Waals surface area contributed by atoms with Crippen LogP contribution in [-0.4, -0.2) is 44.3 Å². The fraction of sp³-hybridized carbons (Fsp3) is 0.267. The van der Waals surface area contributed by atoms with Crippen LogP contribution in [-0.2, 0) is 14.4 Å². The van der Waals surface area contributed by atoms with Crippen LogP contribution in [0.2, 0.25) is 0 Å². The fourth-order valence-corrected chi connectivity index (χ4v) is 4.68. The van der Waals surface area contributed by atoms with Crippen molar-refractivity contribution in [1.29, 1.82) is 0 Å². The number of carbonyl (C=O) groups is 3. The van der Waals surface area contributed by atoms with Crippen LogP contribution in [0.4, 0.5) is 11.4 Å². The molecule has 0 saturated heterocycles. The van der Waals surface area contributed by atoms with E-state index in [0.29, 0.717) is 38.7 Å². The minimum Gasteiger partial charge on any atom is -0.494 e. The molecular weight excluding hydrogens is 639 g/mol. The Morgan fingerprint density at radius 1 is 0.927 bits per heavy atom. The molecular formula is C30H33IN4O6. The Labute approximate surface area is 253 Å². The minimum absolute atomic E-state index is 0.216. The predicted molar refractivity (Wildman–Crippen MR) is 167 cm³/mol. The summed E-state index contributed by atoms with van der Waals surface area (Å²) in [6, 6.07) is 14.1. The Bertz CT molecular complexity index is 1420. The summed E-state index contributed by atoms with van der Waals surface area (Å²) >= 11 is 2.06. The van der Waals surface area contributed by atoms with Crippen LogP contribution in [0.5, 0.6) is 17.2 Å². The number of methoxy groups -OCH3 is 1. The number of ether oxygens (including phenoxy) is 3. The van der Waals surface area contributed by atoms with Gasteiger partial charge in [0.25, 0.3) is 5.91 Å². The van der Waals surface area contributed by atoms with E-state index in [9.17, 15) is 14.4 Å². The van der Waals surface area contributed by atoms with Gasteiger partial charge in [-0.2, -0.15) is 5.10 Å². The average molecular weight is 673 g/mol. The molecule has 11 heteroatoms. The summed E-state index contributed by atoms with van der Waals surface area (Å²) in [6.45, 7) is 8.28. The van der Waals surface area contributed by atoms with Crippen LogP contribution in [0.3, 0.4) is 0 Å². The Morgan fingerprint density at radius 2 is 1.61 bits per heavy atom. The maximum Gasteiger partial charge on any atom is 0.329 e. The first-order chi connectivity index (χ1) is 19.6. The Kier molecular flexibility index (Phi) is 11.5. The molecule has 3 aromatic rings. The lowest BCUT2D eigenvalue weighted by Gasteiger charge is -2.15. The first-order valence-corrected chi connectivity index (χ1v) is 13.9. The quantitative estimate of drug-likeness (QED) is 0.112. The number of carbonyl (C=O) groups excluding carboxylic acids is 3. The Hall–Kier alpha value is -4.13. The number of anilines is 2. The summed E-state index contributed by atoms with van der Waals surface area (Å²) in [5, 5.41) is 9.29. The van der Waals surface area contributed by atoms with Gasteiger partial charge in [-0.15, -0.1) is 0 Å². The monoisotopic (exact) mass is 672 g/mol. The number of hydrogen-bond acceptors (Lipinski definition) is 7. The number of aryl methyl sites for hydroxylation is 3. The smallest absolute Gasteiger partial charge is 0.329 e. The molecule has 0 aliphatic heterocycles. The number of benzene rings is 3. The molecule has 3 aromatic carbocycles. The van der Waals surface area contributed by atoms with Crippen LogP contribution in [0.25, 0.3) is 0 Å². The third kappa shape index (κ3) is 9.20. The van der Waals surface area contributed by atoms with Gasteiger partial charge in [-0.1, -0.05) is 24.6 Å². The molecule has 3 amide bonds. The summed E-state index contributed by atoms with van der Waals surface area (Å²) in [6.07, 6.45) is 2.26. The van der Waals surface area contributed by atoms with Gasteiger partial charge in [-0.25, -0.2) is 5.43 Å². The van der Waals surface area contributed by atoms with Gasteiger partial charge in [0.1, 0.15) is 5.75 Å². The van der Waals surface area contributed by atoms with Crippen LogP contribution in [0, 0.1) is 24.3 Å². The Balaban J connectivity index is 1.56. The van der Waals surface area contributed by atoms with E-state index in [2.05, 4.69) is 43.8 Å². The molecule has 0 bridgehead atoms. The van der Waals surface area contributed by atoms with Gasteiger partial charge in [0.2, 0.25) is 0 Å². The number of hydrazone groups is 1. The molecule has 10 nitrogen and oxygen atoms in total. The molecule has 0 aliphatic rings. The van der Waals surface area contributed by atoms with Gasteiger partial charge in [0, 0.05) is 11.4 Å². The maximum absolute atomic E-state index is 12.6. The van der Waals surface area contributed by atoms with E-state index in [4.69, 9.17) is 14.2 Å². The van der Waals surface area contributed by atoms with Gasteiger partial charge in [0.15, 0.2) is 18.1 Å². The highest BCUT2D eigenvalue weighted by Crippen LogP contribution is 2.33. The third-order valence-corrected chi connectivity index (χ3v) is 6.51. The lowest BCUT2D eigenvalue weighted by molar-refractivity contribution is -0.136. The van der Waals surface area contributed by atoms with Crippen molar-refractivity contribution >= 4 is 57.9 Å². The van der Waals surface area contributed by atoms with Crippen molar-refractivity contribution in [2.45, 2.75) is 34.1 Å². The second-order valence-electron chi connectivity index (χ2n) is 9.17. The standard InChI is InChI=1S/C30H33IN4O6/c1-6-11-40-23-9-7-22(8-10-23)33-29(37)30(38)35-32-16-21-14-24(31)28(25(15-21)39-5)41-17-26(36)34-27-19(3)12-18(2)13-20(27)4/h7-10,12-16H,6,11,17H2,1-5H3,(H,33,37)(H,34,36)(H,35,38)/b32-16-. The molecule has 3 N–H and O–H groups in total. The van der Waals surface area contributed by atoms with Gasteiger partial charge in [-0.05, 0) is 103 Å². The number of nitrogens with zero attached hydrogens (tertiary/aromatic N) is 1. The molecule has 0 radical (unpaired) electrons. The van der Waals surface area contributed by atoms with E-state index in [1.807, 2.05) is 39.8 Å². The van der Waals surface area contributed by atoms with Gasteiger partial charge >= 0.3 is 11.8 Å². The van der Waals surface area contributed by atoms with Gasteiger partial charge in [0.05, 0.1) is 23.5 Å². The highest BCUT2D eigenvalue weighted by molar-refractivity contribution is 14.1. The van der Waals surface area contributed by atoms with Crippen molar-refractivity contribution in [2.24, 2.45) is 5.10 Å². The second kappa shape index (κ2) is 15.0. The largest absolute Gasteiger partial charge is 0.494 e. The van der Waals surface area contributed by atoms with E-state index in [1.54, 1.807) is 36.4 Å². The van der Waals surface area contributed by atoms with Crippen molar-refractivity contribution in [1.82, 2.24) is 5.43 Å². The summed E-state index contributed by atoms with van der Waals surface area (Å²) < 4.78 is 17.4. The third-order valence-electron chi connectivity index (χ3n) is 5.71. The lowest BCUT2D eigenvalue weighted by Crippen LogP contribution is -2.32. The highest BCUT2D eigenvalue weighted by Gasteiger charge is 2.16. The zero-order valence-electron chi connectivity index (χ0n) is 23.6. The SMILES string of the molecule is CCCOc1ccc(NC(=O)C(=O)N/N=C\c2cc(I)c(OCC(=O)Nc3c(C)cc(C)cc3C)c(OC)c2)cc1. The average Bonchev–Trinajstić information content (AvgIpc) is 2.93. The summed E-state index contributed by atoms with van der Waals surface area (Å²) in [5.74, 6) is -0.647. The van der Waals surface area contributed by atoms with Crippen LogP contribution in [0.15, 0.2) is 53.6 Å². The van der Waals surface area contributed by atoms with E-state index < -0.39 is 11.8 Å². The van der Waals surface area contributed by atoms with Gasteiger partial charge < -0.3 is 24.8 Å². The number of hydrogen-bond donors (Lipinski definition) is 3. The molecule has 0 saturated carbocycles. The predicted octanol–water partition coefficient (Wildman–Crippen LogP) is 5.12. The van der Waals surface area contributed by atoms with E-state index in [1.165, 1.54) is 13.3 Å². The topological polar surface area (TPSA) is 127 Å². The minimum atomic E-state index is -0.931. The highest BCUT2D eigenvalue weighted by atomic mass is 127. The van der Waals surface area contributed by atoms with Crippen molar-refractivity contribution < 1.29 is 28.6 Å². The molecule has 3 rings (SSSR count). The molecule has 216 valence electrons. The van der Waals surface area contributed by atoms with E-state index in [-0.39, 0.29) is 12.5 Å². The number of amides is 3. The van der Waals surface area contributed by atoms with Crippen LogP contribution >= 0.6 is 22.6 Å². The Morgan fingerprint density at radius 3 is 2.24 bits per heavy atom. The normalized spacial score (nSPS) is 10.7. The molecule has 0 unspecified atom stereocenters. The molecule has 0 fully saturated rings.